The smallest absolute Gasteiger partial charge is 0.417 e. The molecule has 1 N–H and O–H groups in total. The fraction of sp³-hybridized carbons (Fsp3) is 0.333. The van der Waals surface area contributed by atoms with Crippen LogP contribution < -0.4 is 0 Å². The number of carboxylic acids is 1. The molecule has 0 amide bonds. The Morgan fingerprint density at radius 1 is 1.31 bits per heavy atom. The van der Waals surface area contributed by atoms with E-state index < -0.39 is 34.8 Å². The molecule has 1 aliphatic rings. The van der Waals surface area contributed by atoms with E-state index in [9.17, 15) is 23.1 Å². The van der Waals surface area contributed by atoms with Crippen molar-refractivity contribution >= 4 is 17.6 Å². The lowest BCUT2D eigenvalue weighted by Gasteiger charge is -2.31. The van der Waals surface area contributed by atoms with Crippen molar-refractivity contribution in [3.63, 3.8) is 0 Å². The Kier molecular flexibility index (Phi) is 5.20. The van der Waals surface area contributed by atoms with E-state index in [1.165, 1.54) is 18.3 Å². The van der Waals surface area contributed by atoms with Gasteiger partial charge in [-0.05, 0) is 42.7 Å². The highest BCUT2D eigenvalue weighted by molar-refractivity contribution is 6.31. The summed E-state index contributed by atoms with van der Waals surface area (Å²) in [5, 5.41) is 9.10. The Balaban J connectivity index is 2.12. The molecule has 2 unspecified atom stereocenters. The van der Waals surface area contributed by atoms with E-state index in [1.807, 2.05) is 0 Å². The molecule has 138 valence electrons. The van der Waals surface area contributed by atoms with E-state index in [4.69, 9.17) is 11.6 Å². The summed E-state index contributed by atoms with van der Waals surface area (Å²) in [6.45, 7) is 0.461. The second-order valence-corrected chi connectivity index (χ2v) is 6.54. The lowest BCUT2D eigenvalue weighted by atomic mass is 9.98. The summed E-state index contributed by atoms with van der Waals surface area (Å²) >= 11 is 5.73. The van der Waals surface area contributed by atoms with E-state index in [2.05, 4.69) is 4.98 Å². The third-order valence-electron chi connectivity index (χ3n) is 4.49. The van der Waals surface area contributed by atoms with Gasteiger partial charge in [0.1, 0.15) is 6.04 Å². The molecule has 1 fully saturated rings. The summed E-state index contributed by atoms with van der Waals surface area (Å²) < 4.78 is 39.8. The summed E-state index contributed by atoms with van der Waals surface area (Å²) in [5.41, 5.74) is -0.131. The van der Waals surface area contributed by atoms with Crippen LogP contribution >= 0.6 is 11.6 Å². The second kappa shape index (κ2) is 7.25. The van der Waals surface area contributed by atoms with E-state index in [0.29, 0.717) is 30.6 Å². The van der Waals surface area contributed by atoms with Crippen LogP contribution in [-0.2, 0) is 11.0 Å². The van der Waals surface area contributed by atoms with E-state index in [-0.39, 0.29) is 0 Å². The molecule has 0 radical (unpaired) electrons. The largest absolute Gasteiger partial charge is 0.480 e. The van der Waals surface area contributed by atoms with Gasteiger partial charge in [0.25, 0.3) is 0 Å². The van der Waals surface area contributed by atoms with Gasteiger partial charge in [0.15, 0.2) is 0 Å². The molecule has 1 aromatic heterocycles. The monoisotopic (exact) mass is 384 g/mol. The first kappa shape index (κ1) is 18.7. The normalized spacial score (nSPS) is 19.5. The zero-order valence-electron chi connectivity index (χ0n) is 13.6. The quantitative estimate of drug-likeness (QED) is 0.849. The molecule has 8 heteroatoms. The number of pyridine rings is 1. The topological polar surface area (TPSA) is 53.4 Å². The molecule has 2 heterocycles. The Labute approximate surface area is 153 Å². The number of rotatable bonds is 4. The molecule has 0 aliphatic carbocycles. The minimum absolute atomic E-state index is 0.313. The fourth-order valence-corrected chi connectivity index (χ4v) is 3.59. The summed E-state index contributed by atoms with van der Waals surface area (Å²) in [7, 11) is 0. The van der Waals surface area contributed by atoms with Crippen LogP contribution in [0.3, 0.4) is 0 Å². The molecule has 1 saturated heterocycles. The molecule has 0 spiro atoms. The summed E-state index contributed by atoms with van der Waals surface area (Å²) in [5.74, 6) is -0.992. The van der Waals surface area contributed by atoms with Crippen molar-refractivity contribution in [1.82, 2.24) is 9.88 Å². The van der Waals surface area contributed by atoms with Gasteiger partial charge in [-0.1, -0.05) is 23.7 Å². The first-order chi connectivity index (χ1) is 12.3. The Morgan fingerprint density at radius 2 is 2.08 bits per heavy atom. The van der Waals surface area contributed by atoms with Crippen molar-refractivity contribution in [2.45, 2.75) is 31.1 Å². The van der Waals surface area contributed by atoms with Gasteiger partial charge in [0, 0.05) is 12.7 Å². The third kappa shape index (κ3) is 3.68. The third-order valence-corrected chi connectivity index (χ3v) is 4.82. The average molecular weight is 385 g/mol. The van der Waals surface area contributed by atoms with Crippen molar-refractivity contribution in [3.05, 3.63) is 64.4 Å². The lowest BCUT2D eigenvalue weighted by Crippen LogP contribution is -2.39. The van der Waals surface area contributed by atoms with Crippen LogP contribution in [0.25, 0.3) is 0 Å². The minimum Gasteiger partial charge on any atom is -0.480 e. The van der Waals surface area contributed by atoms with Crippen molar-refractivity contribution in [2.24, 2.45) is 0 Å². The summed E-state index contributed by atoms with van der Waals surface area (Å²) in [4.78, 5) is 17.5. The van der Waals surface area contributed by atoms with Crippen LogP contribution in [0, 0.1) is 0 Å². The highest BCUT2D eigenvalue weighted by Crippen LogP contribution is 2.39. The number of carbonyl (C=O) groups is 1. The van der Waals surface area contributed by atoms with Crippen LogP contribution in [0.2, 0.25) is 5.02 Å². The molecule has 1 aliphatic heterocycles. The summed E-state index contributed by atoms with van der Waals surface area (Å²) in [6, 6.07) is 7.31. The molecule has 3 rings (SSSR count). The first-order valence-electron chi connectivity index (χ1n) is 8.05. The van der Waals surface area contributed by atoms with Gasteiger partial charge in [-0.3, -0.25) is 14.7 Å². The maximum Gasteiger partial charge on any atom is 0.417 e. The number of likely N-dealkylation sites (tertiary alicyclic amines) is 1. The summed E-state index contributed by atoms with van der Waals surface area (Å²) in [6.07, 6.45) is -1.97. The van der Waals surface area contributed by atoms with E-state index in [1.54, 1.807) is 23.1 Å². The molecule has 2 aromatic rings. The second-order valence-electron chi connectivity index (χ2n) is 6.13. The Hall–Kier alpha value is -2.12. The Bertz CT molecular complexity index is 799. The van der Waals surface area contributed by atoms with Crippen LogP contribution in [-0.4, -0.2) is 33.5 Å². The van der Waals surface area contributed by atoms with Crippen LogP contribution in [0.15, 0.2) is 42.6 Å². The van der Waals surface area contributed by atoms with Gasteiger partial charge < -0.3 is 5.11 Å². The molecule has 4 nitrogen and oxygen atoms in total. The van der Waals surface area contributed by atoms with Gasteiger partial charge in [-0.15, -0.1) is 0 Å². The number of halogens is 4. The minimum atomic E-state index is -4.60. The molecule has 2 atom stereocenters. The first-order valence-corrected chi connectivity index (χ1v) is 8.43. The lowest BCUT2D eigenvalue weighted by molar-refractivity contribution is -0.143. The molecular formula is C18H16ClF3N2O2. The zero-order chi connectivity index (χ0) is 18.9. The molecule has 0 bridgehead atoms. The maximum absolute atomic E-state index is 13.3. The average Bonchev–Trinajstić information content (AvgIpc) is 3.06. The molecule has 0 saturated carbocycles. The SMILES string of the molecule is O=C(O)C1CCCN1C(c1ccc(Cl)c(C(F)(F)F)c1)c1ccccn1. The van der Waals surface area contributed by atoms with Crippen molar-refractivity contribution in [1.29, 1.82) is 0 Å². The van der Waals surface area contributed by atoms with Gasteiger partial charge in [-0.2, -0.15) is 13.2 Å². The maximum atomic E-state index is 13.3. The molecular weight excluding hydrogens is 369 g/mol. The van der Waals surface area contributed by atoms with Gasteiger partial charge in [-0.25, -0.2) is 0 Å². The number of aliphatic carboxylic acids is 1. The molecule has 26 heavy (non-hydrogen) atoms. The number of benzene rings is 1. The predicted molar refractivity (Wildman–Crippen MR) is 89.9 cm³/mol. The Morgan fingerprint density at radius 3 is 2.69 bits per heavy atom. The number of aromatic nitrogens is 1. The van der Waals surface area contributed by atoms with Crippen LogP contribution in [0.5, 0.6) is 0 Å². The zero-order valence-corrected chi connectivity index (χ0v) is 14.3. The highest BCUT2D eigenvalue weighted by Gasteiger charge is 2.39. The number of carboxylic acid groups (broad SMARTS) is 1. The number of hydrogen-bond acceptors (Lipinski definition) is 3. The van der Waals surface area contributed by atoms with Crippen LogP contribution in [0.1, 0.15) is 35.7 Å². The number of alkyl halides is 3. The standard InChI is InChI=1S/C18H16ClF3N2O2/c19-13-7-6-11(10-12(13)18(20,21)22)16(14-4-1-2-8-23-14)24-9-3-5-15(24)17(25)26/h1-2,4,6-8,10,15-16H,3,5,9H2,(H,25,26). The number of hydrogen-bond donors (Lipinski definition) is 1. The van der Waals surface area contributed by atoms with Gasteiger partial charge in [0.05, 0.1) is 22.3 Å². The van der Waals surface area contributed by atoms with Gasteiger partial charge >= 0.3 is 12.1 Å². The van der Waals surface area contributed by atoms with Crippen LogP contribution in [0.4, 0.5) is 13.2 Å². The van der Waals surface area contributed by atoms with Gasteiger partial charge in [0.2, 0.25) is 0 Å². The van der Waals surface area contributed by atoms with E-state index in [0.717, 1.165) is 6.07 Å². The van der Waals surface area contributed by atoms with Crippen molar-refractivity contribution in [2.75, 3.05) is 6.54 Å². The fourth-order valence-electron chi connectivity index (χ4n) is 3.36. The number of nitrogens with zero attached hydrogens (tertiary/aromatic N) is 2. The molecule has 1 aromatic carbocycles. The van der Waals surface area contributed by atoms with Crippen molar-refractivity contribution < 1.29 is 23.1 Å². The highest BCUT2D eigenvalue weighted by atomic mass is 35.5. The predicted octanol–water partition coefficient (Wildman–Crippen LogP) is 4.39. The van der Waals surface area contributed by atoms with E-state index >= 15 is 0 Å². The van der Waals surface area contributed by atoms with Crippen molar-refractivity contribution in [3.8, 4) is 0 Å².